The molecule has 1 aliphatic rings. The van der Waals surface area contributed by atoms with E-state index >= 15 is 0 Å². The predicted molar refractivity (Wildman–Crippen MR) is 101 cm³/mol. The first-order valence-corrected chi connectivity index (χ1v) is 9.06. The third kappa shape index (κ3) is 5.81. The normalized spacial score (nSPS) is 14.9. The van der Waals surface area contributed by atoms with E-state index in [9.17, 15) is 14.0 Å². The molecule has 3 amide bonds. The number of hydrogen-bond donors (Lipinski definition) is 2. The van der Waals surface area contributed by atoms with Crippen LogP contribution in [-0.4, -0.2) is 42.5 Å². The maximum absolute atomic E-state index is 13.9. The topological polar surface area (TPSA) is 85.2 Å². The molecule has 1 aromatic rings. The molecule has 1 aliphatic heterocycles. The van der Waals surface area contributed by atoms with Gasteiger partial charge in [-0.15, -0.1) is 0 Å². The van der Waals surface area contributed by atoms with E-state index in [1.54, 1.807) is 23.1 Å². The lowest BCUT2D eigenvalue weighted by Gasteiger charge is -2.29. The van der Waals surface area contributed by atoms with Gasteiger partial charge in [0, 0.05) is 18.7 Å². The van der Waals surface area contributed by atoms with Crippen LogP contribution in [0.4, 0.5) is 9.18 Å². The van der Waals surface area contributed by atoms with E-state index in [-0.39, 0.29) is 30.2 Å². The van der Waals surface area contributed by atoms with Crippen LogP contribution in [0.3, 0.4) is 0 Å². The van der Waals surface area contributed by atoms with Crippen molar-refractivity contribution in [3.05, 3.63) is 41.7 Å². The van der Waals surface area contributed by atoms with Crippen molar-refractivity contribution in [3.8, 4) is 6.07 Å². The second-order valence-electron chi connectivity index (χ2n) is 6.91. The molecule has 1 unspecified atom stereocenters. The molecule has 0 aliphatic carbocycles. The first-order valence-electron chi connectivity index (χ1n) is 9.06. The van der Waals surface area contributed by atoms with Crippen molar-refractivity contribution in [3.63, 3.8) is 0 Å². The minimum atomic E-state index is -0.692. The van der Waals surface area contributed by atoms with Gasteiger partial charge in [0.1, 0.15) is 18.4 Å². The van der Waals surface area contributed by atoms with Gasteiger partial charge in [-0.05, 0) is 30.4 Å². The Hall–Kier alpha value is -2.88. The summed E-state index contributed by atoms with van der Waals surface area (Å²) in [5.74, 6) is -0.428. The van der Waals surface area contributed by atoms with Gasteiger partial charge >= 0.3 is 6.03 Å². The molecule has 0 aromatic heterocycles. The summed E-state index contributed by atoms with van der Waals surface area (Å²) in [5, 5.41) is 13.9. The van der Waals surface area contributed by atoms with Crippen LogP contribution in [0.15, 0.2) is 30.3 Å². The Labute approximate surface area is 159 Å². The maximum atomic E-state index is 13.9. The van der Waals surface area contributed by atoms with E-state index in [1.807, 2.05) is 26.0 Å². The maximum Gasteiger partial charge on any atom is 0.318 e. The van der Waals surface area contributed by atoms with Gasteiger partial charge in [0.15, 0.2) is 0 Å². The second-order valence-corrected chi connectivity index (χ2v) is 6.91. The number of amides is 3. The molecule has 0 radical (unpaired) electrons. The van der Waals surface area contributed by atoms with E-state index in [4.69, 9.17) is 5.26 Å². The zero-order chi connectivity index (χ0) is 19.8. The van der Waals surface area contributed by atoms with Crippen LogP contribution in [-0.2, 0) is 4.79 Å². The number of benzene rings is 1. The lowest BCUT2D eigenvalue weighted by molar-refractivity contribution is -0.123. The number of carbonyl (C=O) groups excluding carboxylic acids is 2. The summed E-state index contributed by atoms with van der Waals surface area (Å²) in [6, 6.07) is 7.41. The van der Waals surface area contributed by atoms with Gasteiger partial charge in [-0.3, -0.25) is 4.79 Å². The number of halogens is 1. The first kappa shape index (κ1) is 20.4. The Morgan fingerprint density at radius 3 is 2.67 bits per heavy atom. The highest BCUT2D eigenvalue weighted by Crippen LogP contribution is 2.24. The van der Waals surface area contributed by atoms with Gasteiger partial charge in [-0.2, -0.15) is 5.26 Å². The lowest BCUT2D eigenvalue weighted by atomic mass is 9.99. The predicted octanol–water partition coefficient (Wildman–Crippen LogP) is 2.68. The molecule has 0 saturated heterocycles. The van der Waals surface area contributed by atoms with Crippen molar-refractivity contribution >= 4 is 17.5 Å². The van der Waals surface area contributed by atoms with Crippen molar-refractivity contribution < 1.29 is 14.0 Å². The van der Waals surface area contributed by atoms with Crippen LogP contribution < -0.4 is 10.6 Å². The van der Waals surface area contributed by atoms with E-state index < -0.39 is 6.04 Å². The molecule has 1 atom stereocenters. The van der Waals surface area contributed by atoms with Crippen LogP contribution >= 0.6 is 0 Å². The number of hydrogen-bond acceptors (Lipinski definition) is 3. The fourth-order valence-electron chi connectivity index (χ4n) is 3.01. The summed E-state index contributed by atoms with van der Waals surface area (Å²) < 4.78 is 13.9. The largest absolute Gasteiger partial charge is 0.341 e. The van der Waals surface area contributed by atoms with Crippen LogP contribution in [0.2, 0.25) is 0 Å². The number of nitrogens with one attached hydrogen (secondary N) is 2. The Bertz CT molecular complexity index is 755. The van der Waals surface area contributed by atoms with Gasteiger partial charge in [0.05, 0.1) is 6.07 Å². The molecule has 1 aromatic carbocycles. The molecule has 144 valence electrons. The number of rotatable bonds is 6. The lowest BCUT2D eigenvalue weighted by Crippen LogP contribution is -2.52. The summed E-state index contributed by atoms with van der Waals surface area (Å²) >= 11 is 0. The highest BCUT2D eigenvalue weighted by Gasteiger charge is 2.25. The van der Waals surface area contributed by atoms with Crippen LogP contribution in [0, 0.1) is 23.1 Å². The smallest absolute Gasteiger partial charge is 0.318 e. The Morgan fingerprint density at radius 1 is 1.33 bits per heavy atom. The number of nitriles is 1. The zero-order valence-electron chi connectivity index (χ0n) is 15.7. The van der Waals surface area contributed by atoms with Crippen LogP contribution in [0.1, 0.15) is 32.3 Å². The molecular weight excluding hydrogens is 347 g/mol. The van der Waals surface area contributed by atoms with E-state index in [0.29, 0.717) is 31.5 Å². The third-order valence-corrected chi connectivity index (χ3v) is 4.38. The average Bonchev–Trinajstić information content (AvgIpc) is 2.65. The van der Waals surface area contributed by atoms with Crippen molar-refractivity contribution in [2.45, 2.75) is 32.7 Å². The molecule has 0 spiro atoms. The van der Waals surface area contributed by atoms with Gasteiger partial charge < -0.3 is 15.5 Å². The summed E-state index contributed by atoms with van der Waals surface area (Å²) in [5.41, 5.74) is 1.44. The van der Waals surface area contributed by atoms with Gasteiger partial charge in [0.2, 0.25) is 5.91 Å². The standard InChI is InChI=1S/C20H25FN4O2/c1-14(2)13-18(19(26)23-10-9-22)24-20(27)25-11-7-15(8-12-25)16-5-3-4-6-17(16)21/h3-7,14,18H,8,10-13H2,1-2H3,(H,23,26)(H,24,27). The fourth-order valence-corrected chi connectivity index (χ4v) is 3.01. The Balaban J connectivity index is 1.99. The zero-order valence-corrected chi connectivity index (χ0v) is 15.7. The molecule has 27 heavy (non-hydrogen) atoms. The Kier molecular flexibility index (Phi) is 7.35. The monoisotopic (exact) mass is 372 g/mol. The number of urea groups is 1. The number of carbonyl (C=O) groups is 2. The van der Waals surface area contributed by atoms with Crippen molar-refractivity contribution in [2.24, 2.45) is 5.92 Å². The number of nitrogens with zero attached hydrogens (tertiary/aromatic N) is 2. The van der Waals surface area contributed by atoms with Gasteiger partial charge in [-0.25, -0.2) is 9.18 Å². The summed E-state index contributed by atoms with van der Waals surface area (Å²) in [4.78, 5) is 26.3. The second kappa shape index (κ2) is 9.72. The average molecular weight is 372 g/mol. The fraction of sp³-hybridized carbons (Fsp3) is 0.450. The molecule has 0 fully saturated rings. The molecule has 1 heterocycles. The first-order chi connectivity index (χ1) is 12.9. The van der Waals surface area contributed by atoms with Gasteiger partial charge in [0.25, 0.3) is 0 Å². The molecule has 0 bridgehead atoms. The third-order valence-electron chi connectivity index (χ3n) is 4.38. The summed E-state index contributed by atoms with van der Waals surface area (Å²) in [6.45, 7) is 4.62. The van der Waals surface area contributed by atoms with Crippen LogP contribution in [0.5, 0.6) is 0 Å². The SMILES string of the molecule is CC(C)CC(NC(=O)N1CC=C(c2ccccc2F)CC1)C(=O)NCC#N. The minimum Gasteiger partial charge on any atom is -0.341 e. The van der Waals surface area contributed by atoms with E-state index in [2.05, 4.69) is 10.6 Å². The van der Waals surface area contributed by atoms with Gasteiger partial charge in [-0.1, -0.05) is 38.1 Å². The van der Waals surface area contributed by atoms with E-state index in [1.165, 1.54) is 6.07 Å². The quantitative estimate of drug-likeness (QED) is 0.753. The van der Waals surface area contributed by atoms with Crippen molar-refractivity contribution in [2.75, 3.05) is 19.6 Å². The highest BCUT2D eigenvalue weighted by molar-refractivity contribution is 5.87. The molecular formula is C20H25FN4O2. The molecule has 6 nitrogen and oxygen atoms in total. The molecule has 0 saturated carbocycles. The summed E-state index contributed by atoms with van der Waals surface area (Å²) in [6.07, 6.45) is 2.87. The molecule has 7 heteroatoms. The van der Waals surface area contributed by atoms with Crippen molar-refractivity contribution in [1.29, 1.82) is 5.26 Å². The van der Waals surface area contributed by atoms with E-state index in [0.717, 1.165) is 5.57 Å². The molecule has 2 rings (SSSR count). The highest BCUT2D eigenvalue weighted by atomic mass is 19.1. The Morgan fingerprint density at radius 2 is 2.07 bits per heavy atom. The van der Waals surface area contributed by atoms with Crippen LogP contribution in [0.25, 0.3) is 5.57 Å². The summed E-state index contributed by atoms with van der Waals surface area (Å²) in [7, 11) is 0. The van der Waals surface area contributed by atoms with Crippen molar-refractivity contribution in [1.82, 2.24) is 15.5 Å². The minimum absolute atomic E-state index is 0.0955. The molecule has 2 N–H and O–H groups in total.